The third kappa shape index (κ3) is 4.79. The molecule has 1 atom stereocenters. The molecule has 0 saturated carbocycles. The number of carbonyl (C=O) groups excluding carboxylic acids is 1. The van der Waals surface area contributed by atoms with Gasteiger partial charge in [-0.2, -0.15) is 10.1 Å². The minimum Gasteiger partial charge on any atom is -0.354 e. The molecule has 0 aliphatic carbocycles. The number of rotatable bonds is 8. The van der Waals surface area contributed by atoms with E-state index in [0.717, 1.165) is 23.4 Å². The molecule has 3 rings (SSSR count). The molecule has 7 heteroatoms. The van der Waals surface area contributed by atoms with E-state index in [1.54, 1.807) is 4.52 Å². The molecule has 0 radical (unpaired) electrons. The van der Waals surface area contributed by atoms with Crippen LogP contribution in [0.3, 0.4) is 0 Å². The summed E-state index contributed by atoms with van der Waals surface area (Å²) >= 11 is 0. The average molecular weight is 395 g/mol. The molecular weight excluding hydrogens is 364 g/mol. The Kier molecular flexibility index (Phi) is 6.59. The Morgan fingerprint density at radius 2 is 1.93 bits per heavy atom. The van der Waals surface area contributed by atoms with Crippen LogP contribution in [0.5, 0.6) is 0 Å². The van der Waals surface area contributed by atoms with Crippen LogP contribution in [0.4, 0.5) is 0 Å². The van der Waals surface area contributed by atoms with Gasteiger partial charge in [-0.05, 0) is 57.5 Å². The second-order valence-electron chi connectivity index (χ2n) is 7.61. The molecule has 1 amide bonds. The number of amides is 1. The summed E-state index contributed by atoms with van der Waals surface area (Å²) in [4.78, 5) is 23.3. The van der Waals surface area contributed by atoms with E-state index in [0.29, 0.717) is 25.2 Å². The molecule has 0 saturated heterocycles. The fourth-order valence-corrected chi connectivity index (χ4v) is 3.63. The van der Waals surface area contributed by atoms with Crippen LogP contribution in [-0.4, -0.2) is 51.0 Å². The van der Waals surface area contributed by atoms with Crippen LogP contribution in [-0.2, 0) is 17.6 Å². The fourth-order valence-electron chi connectivity index (χ4n) is 3.63. The molecule has 0 spiro atoms. The first kappa shape index (κ1) is 20.9. The molecule has 3 aromatic rings. The second kappa shape index (κ2) is 9.13. The van der Waals surface area contributed by atoms with Crippen LogP contribution in [0.2, 0.25) is 0 Å². The minimum absolute atomic E-state index is 0.0412. The van der Waals surface area contributed by atoms with Crippen LogP contribution >= 0.6 is 0 Å². The van der Waals surface area contributed by atoms with E-state index in [-0.39, 0.29) is 11.9 Å². The molecule has 7 nitrogen and oxygen atoms in total. The Balaban J connectivity index is 1.61. The summed E-state index contributed by atoms with van der Waals surface area (Å²) in [6.45, 7) is 6.68. The quantitative estimate of drug-likeness (QED) is 0.636. The van der Waals surface area contributed by atoms with Gasteiger partial charge in [0.2, 0.25) is 5.91 Å². The first-order chi connectivity index (χ1) is 13.9. The van der Waals surface area contributed by atoms with E-state index in [1.807, 2.05) is 27.9 Å². The van der Waals surface area contributed by atoms with Gasteiger partial charge in [-0.1, -0.05) is 31.2 Å². The van der Waals surface area contributed by atoms with E-state index in [2.05, 4.69) is 56.5 Å². The van der Waals surface area contributed by atoms with Crippen molar-refractivity contribution in [2.75, 3.05) is 20.6 Å². The highest BCUT2D eigenvalue weighted by molar-refractivity contribution is 5.76. The van der Waals surface area contributed by atoms with Gasteiger partial charge in [0.1, 0.15) is 6.33 Å². The normalized spacial score (nSPS) is 12.5. The van der Waals surface area contributed by atoms with E-state index >= 15 is 0 Å². The van der Waals surface area contributed by atoms with Gasteiger partial charge in [-0.3, -0.25) is 4.79 Å². The lowest BCUT2D eigenvalue weighted by Gasteiger charge is -2.25. The zero-order valence-electron chi connectivity index (χ0n) is 17.9. The number of hydrogen-bond acceptors (Lipinski definition) is 5. The van der Waals surface area contributed by atoms with Crippen molar-refractivity contribution in [3.8, 4) is 0 Å². The highest BCUT2D eigenvalue weighted by atomic mass is 16.1. The first-order valence-electron chi connectivity index (χ1n) is 10.1. The van der Waals surface area contributed by atoms with Crippen molar-refractivity contribution < 1.29 is 4.79 Å². The van der Waals surface area contributed by atoms with Crippen molar-refractivity contribution in [2.45, 2.75) is 46.1 Å². The lowest BCUT2D eigenvalue weighted by molar-refractivity contribution is -0.121. The van der Waals surface area contributed by atoms with Gasteiger partial charge in [0.05, 0.1) is 6.04 Å². The monoisotopic (exact) mass is 394 g/mol. The minimum atomic E-state index is 0.0412. The molecule has 2 aromatic heterocycles. The smallest absolute Gasteiger partial charge is 0.252 e. The molecule has 1 aromatic carbocycles. The highest BCUT2D eigenvalue weighted by Crippen LogP contribution is 2.19. The molecule has 0 unspecified atom stereocenters. The largest absolute Gasteiger partial charge is 0.354 e. The van der Waals surface area contributed by atoms with Gasteiger partial charge in [-0.25, -0.2) is 9.50 Å². The zero-order chi connectivity index (χ0) is 21.0. The van der Waals surface area contributed by atoms with Gasteiger partial charge in [-0.15, -0.1) is 0 Å². The summed E-state index contributed by atoms with van der Waals surface area (Å²) < 4.78 is 1.72. The van der Waals surface area contributed by atoms with Crippen molar-refractivity contribution >= 4 is 11.7 Å². The third-order valence-electron chi connectivity index (χ3n) is 5.48. The van der Waals surface area contributed by atoms with Crippen molar-refractivity contribution in [3.63, 3.8) is 0 Å². The molecule has 0 aliphatic rings. The maximum absolute atomic E-state index is 12.5. The number of carbonyl (C=O) groups is 1. The predicted molar refractivity (Wildman–Crippen MR) is 114 cm³/mol. The summed E-state index contributed by atoms with van der Waals surface area (Å²) in [6.07, 6.45) is 3.57. The van der Waals surface area contributed by atoms with E-state index in [9.17, 15) is 4.79 Å². The van der Waals surface area contributed by atoms with Gasteiger partial charge in [0.25, 0.3) is 5.78 Å². The molecule has 154 valence electrons. The topological polar surface area (TPSA) is 75.4 Å². The summed E-state index contributed by atoms with van der Waals surface area (Å²) in [5.74, 6) is 0.635. The summed E-state index contributed by atoms with van der Waals surface area (Å²) in [5, 5.41) is 7.31. The zero-order valence-corrected chi connectivity index (χ0v) is 17.9. The number of likely N-dealkylation sites (N-methyl/N-ethyl adjacent to an activating group) is 1. The summed E-state index contributed by atoms with van der Waals surface area (Å²) in [7, 11) is 4.08. The van der Waals surface area contributed by atoms with Crippen molar-refractivity contribution in [3.05, 3.63) is 58.7 Å². The maximum atomic E-state index is 12.5. The Labute approximate surface area is 172 Å². The van der Waals surface area contributed by atoms with Crippen LogP contribution < -0.4 is 5.32 Å². The van der Waals surface area contributed by atoms with E-state index < -0.39 is 0 Å². The van der Waals surface area contributed by atoms with Gasteiger partial charge in [0, 0.05) is 24.4 Å². The highest BCUT2D eigenvalue weighted by Gasteiger charge is 2.16. The van der Waals surface area contributed by atoms with Gasteiger partial charge in [0.15, 0.2) is 0 Å². The van der Waals surface area contributed by atoms with E-state index in [1.165, 1.54) is 17.5 Å². The first-order valence-corrected chi connectivity index (χ1v) is 10.1. The van der Waals surface area contributed by atoms with E-state index in [4.69, 9.17) is 0 Å². The molecular formula is C22H30N6O. The van der Waals surface area contributed by atoms with Crippen LogP contribution in [0.15, 0.2) is 30.6 Å². The molecule has 0 fully saturated rings. The molecule has 0 bridgehead atoms. The Hall–Kier alpha value is -2.80. The predicted octanol–water partition coefficient (Wildman–Crippen LogP) is 2.66. The van der Waals surface area contributed by atoms with Crippen molar-refractivity contribution in [1.82, 2.24) is 29.8 Å². The van der Waals surface area contributed by atoms with Crippen LogP contribution in [0.1, 0.15) is 47.5 Å². The lowest BCUT2D eigenvalue weighted by atomic mass is 10.0. The Bertz CT molecular complexity index is 977. The van der Waals surface area contributed by atoms with Crippen molar-refractivity contribution in [2.24, 2.45) is 0 Å². The third-order valence-corrected chi connectivity index (χ3v) is 5.48. The van der Waals surface area contributed by atoms with Crippen LogP contribution in [0.25, 0.3) is 5.78 Å². The van der Waals surface area contributed by atoms with Gasteiger partial charge < -0.3 is 10.2 Å². The number of fused-ring (bicyclic) bond motifs is 1. The molecule has 29 heavy (non-hydrogen) atoms. The standard InChI is InChI=1S/C22H30N6O/c1-6-17-7-9-18(10-8-17)20(27(4)5)13-23-21(29)12-11-19-15(2)26-22-24-14-25-28(22)16(19)3/h7-10,14,20H,6,11-13H2,1-5H3,(H,23,29)/t20-/m1/s1. The lowest BCUT2D eigenvalue weighted by Crippen LogP contribution is -2.34. The number of aromatic nitrogens is 4. The van der Waals surface area contributed by atoms with Crippen LogP contribution in [0, 0.1) is 13.8 Å². The number of nitrogens with zero attached hydrogens (tertiary/aromatic N) is 5. The summed E-state index contributed by atoms with van der Waals surface area (Å²) in [5.41, 5.74) is 5.47. The molecule has 2 heterocycles. The maximum Gasteiger partial charge on any atom is 0.252 e. The number of benzene rings is 1. The number of aryl methyl sites for hydroxylation is 3. The Morgan fingerprint density at radius 1 is 1.21 bits per heavy atom. The number of hydrogen-bond donors (Lipinski definition) is 1. The fraction of sp³-hybridized carbons (Fsp3) is 0.455. The van der Waals surface area contributed by atoms with Gasteiger partial charge >= 0.3 is 0 Å². The molecule has 0 aliphatic heterocycles. The average Bonchev–Trinajstić information content (AvgIpc) is 3.16. The second-order valence-corrected chi connectivity index (χ2v) is 7.61. The molecule has 1 N–H and O–H groups in total. The summed E-state index contributed by atoms with van der Waals surface area (Å²) in [6, 6.07) is 8.77. The SMILES string of the molecule is CCc1ccc([C@@H](CNC(=O)CCc2c(C)nc3ncnn3c2C)N(C)C)cc1. The number of nitrogens with one attached hydrogen (secondary N) is 1. The Morgan fingerprint density at radius 3 is 2.59 bits per heavy atom. The van der Waals surface area contributed by atoms with Crippen molar-refractivity contribution in [1.29, 1.82) is 0 Å².